The third kappa shape index (κ3) is 41.8. The Morgan fingerprint density at radius 1 is 0.810 bits per heavy atom. The Bertz CT molecular complexity index is 725. The lowest BCUT2D eigenvalue weighted by atomic mass is 10.1. The molecule has 246 valence electrons. The van der Waals surface area contributed by atoms with Crippen LogP contribution >= 0.6 is 0 Å². The van der Waals surface area contributed by atoms with Crippen molar-refractivity contribution in [2.24, 2.45) is 0 Å². The molecule has 0 aliphatic carbocycles. The van der Waals surface area contributed by atoms with Crippen molar-refractivity contribution in [1.82, 2.24) is 15.5 Å². The van der Waals surface area contributed by atoms with E-state index in [1.54, 1.807) is 6.20 Å². The lowest BCUT2D eigenvalue weighted by Crippen LogP contribution is -2.28. The van der Waals surface area contributed by atoms with Crippen molar-refractivity contribution in [2.45, 2.75) is 134 Å². The van der Waals surface area contributed by atoms with Gasteiger partial charge in [0.15, 0.2) is 0 Å². The molecule has 2 N–H and O–H groups in total. The van der Waals surface area contributed by atoms with Crippen molar-refractivity contribution < 1.29 is 0 Å². The first-order valence-corrected chi connectivity index (χ1v) is 16.6. The van der Waals surface area contributed by atoms with Gasteiger partial charge in [0.1, 0.15) is 0 Å². The molecule has 1 aromatic carbocycles. The molecule has 1 unspecified atom stereocenters. The van der Waals surface area contributed by atoms with Crippen LogP contribution in [-0.2, 0) is 6.42 Å². The molecule has 1 atom stereocenters. The highest BCUT2D eigenvalue weighted by atomic mass is 15.1. The van der Waals surface area contributed by atoms with E-state index in [9.17, 15) is 0 Å². The van der Waals surface area contributed by atoms with E-state index < -0.39 is 0 Å². The molecule has 0 aromatic heterocycles. The SMILES string of the molecule is C/C=C/C(=CCC)/C=C\C(=C\NC)N(C)C(C)CCC.C=CNC.CCC.CCC.CCCC.CCc1ccccc1. The minimum absolute atomic E-state index is 0.546. The first kappa shape index (κ1) is 49.0. The smallest absolute Gasteiger partial charge is 0.0525 e. The van der Waals surface area contributed by atoms with Gasteiger partial charge in [-0.3, -0.25) is 0 Å². The van der Waals surface area contributed by atoms with Gasteiger partial charge in [-0.1, -0.05) is 156 Å². The molecule has 0 fully saturated rings. The summed E-state index contributed by atoms with van der Waals surface area (Å²) < 4.78 is 0. The second-order valence-corrected chi connectivity index (χ2v) is 9.80. The predicted molar refractivity (Wildman–Crippen MR) is 199 cm³/mol. The highest BCUT2D eigenvalue weighted by molar-refractivity contribution is 5.34. The number of benzene rings is 1. The second kappa shape index (κ2) is 45.3. The van der Waals surface area contributed by atoms with E-state index >= 15 is 0 Å². The van der Waals surface area contributed by atoms with Gasteiger partial charge < -0.3 is 15.5 Å². The van der Waals surface area contributed by atoms with E-state index in [1.165, 1.54) is 55.4 Å². The molecule has 0 amide bonds. The number of aryl methyl sites for hydroxylation is 1. The number of nitrogens with one attached hydrogen (secondary N) is 2. The summed E-state index contributed by atoms with van der Waals surface area (Å²) in [5.74, 6) is 0. The summed E-state index contributed by atoms with van der Waals surface area (Å²) in [4.78, 5) is 2.33. The molecule has 42 heavy (non-hydrogen) atoms. The van der Waals surface area contributed by atoms with Gasteiger partial charge in [0, 0.05) is 33.4 Å². The summed E-state index contributed by atoms with van der Waals surface area (Å²) >= 11 is 0. The van der Waals surface area contributed by atoms with Crippen LogP contribution < -0.4 is 10.6 Å². The molecule has 0 aliphatic rings. The maximum absolute atomic E-state index is 3.37. The van der Waals surface area contributed by atoms with Gasteiger partial charge in [0.2, 0.25) is 0 Å². The first-order valence-electron chi connectivity index (χ1n) is 16.6. The van der Waals surface area contributed by atoms with Crippen molar-refractivity contribution in [1.29, 1.82) is 0 Å². The summed E-state index contributed by atoms with van der Waals surface area (Å²) in [5, 5.41) is 5.84. The van der Waals surface area contributed by atoms with Crippen LogP contribution in [0.4, 0.5) is 0 Å². The zero-order chi connectivity index (χ0) is 33.4. The molecule has 0 aliphatic heterocycles. The normalized spacial score (nSPS) is 11.0. The molecular weight excluding hydrogens is 510 g/mol. The maximum atomic E-state index is 3.37. The monoisotopic (exact) mass is 586 g/mol. The van der Waals surface area contributed by atoms with Gasteiger partial charge in [0.05, 0.1) is 5.70 Å². The van der Waals surface area contributed by atoms with Crippen LogP contribution in [0, 0.1) is 0 Å². The average Bonchev–Trinajstić information content (AvgIpc) is 3.01. The van der Waals surface area contributed by atoms with Crippen LogP contribution in [0.1, 0.15) is 127 Å². The summed E-state index contributed by atoms with van der Waals surface area (Å²) in [6.45, 7) is 27.1. The standard InChI is InChI=1S/C18H32N2.C8H10.C4H10.C3H7N.2C3H8/c1-7-10-16(4)20(6)18(15-19-5)14-13-17(11-8-2)12-9-3;1-2-8-6-4-3-5-7-8;2*1-3-4-2;2*1-3-2/h8,11-16,19H,7,9-10H2,1-6H3;3-7H,2H2,1H3;3-4H2,1-2H3;3-4H,1H2,2H3;2*3H2,1-2H3/b11-8+,14-13-,17-12?,18-15-;;;;;. The number of hydrogen-bond acceptors (Lipinski definition) is 3. The fraction of sp³-hybridized carbons (Fsp3) is 0.590. The molecule has 0 saturated heterocycles. The van der Waals surface area contributed by atoms with E-state index in [0.29, 0.717) is 6.04 Å². The van der Waals surface area contributed by atoms with Gasteiger partial charge in [-0.2, -0.15) is 0 Å². The minimum atomic E-state index is 0.546. The van der Waals surface area contributed by atoms with Crippen LogP contribution in [-0.4, -0.2) is 32.1 Å². The lowest BCUT2D eigenvalue weighted by molar-refractivity contribution is 0.312. The van der Waals surface area contributed by atoms with Gasteiger partial charge in [-0.05, 0) is 56.5 Å². The molecule has 0 heterocycles. The largest absolute Gasteiger partial charge is 0.394 e. The van der Waals surface area contributed by atoms with E-state index in [2.05, 4.69) is 166 Å². The molecule has 3 nitrogen and oxygen atoms in total. The minimum Gasteiger partial charge on any atom is -0.394 e. The summed E-state index contributed by atoms with van der Waals surface area (Å²) in [7, 11) is 5.92. The average molecular weight is 586 g/mol. The Hall–Kier alpha value is -2.68. The van der Waals surface area contributed by atoms with Crippen LogP contribution in [0.15, 0.2) is 91.0 Å². The summed E-state index contributed by atoms with van der Waals surface area (Å²) in [5.41, 5.74) is 3.88. The number of likely N-dealkylation sites (N-methyl/N-ethyl adjacent to an activating group) is 1. The lowest BCUT2D eigenvalue weighted by Gasteiger charge is -2.27. The summed E-state index contributed by atoms with van der Waals surface area (Å²) in [6.07, 6.45) is 24.3. The third-order valence-electron chi connectivity index (χ3n) is 5.27. The fourth-order valence-corrected chi connectivity index (χ4v) is 2.80. The second-order valence-electron chi connectivity index (χ2n) is 9.80. The van der Waals surface area contributed by atoms with E-state index in [4.69, 9.17) is 0 Å². The molecule has 0 radical (unpaired) electrons. The van der Waals surface area contributed by atoms with Crippen LogP contribution in [0.3, 0.4) is 0 Å². The number of rotatable bonds is 12. The Balaban J connectivity index is -0.000000168. The Morgan fingerprint density at radius 2 is 1.31 bits per heavy atom. The van der Waals surface area contributed by atoms with Crippen molar-refractivity contribution in [3.05, 3.63) is 96.5 Å². The number of allylic oxidation sites excluding steroid dienone is 6. The molecule has 0 bridgehead atoms. The van der Waals surface area contributed by atoms with Crippen molar-refractivity contribution in [3.63, 3.8) is 0 Å². The van der Waals surface area contributed by atoms with E-state index in [1.807, 2.05) is 20.2 Å². The molecule has 0 saturated carbocycles. The highest BCUT2D eigenvalue weighted by Crippen LogP contribution is 2.13. The third-order valence-corrected chi connectivity index (χ3v) is 5.27. The fourth-order valence-electron chi connectivity index (χ4n) is 2.80. The zero-order valence-corrected chi connectivity index (χ0v) is 30.8. The Kier molecular flexibility index (Phi) is 52.9. The van der Waals surface area contributed by atoms with Crippen LogP contribution in [0.5, 0.6) is 0 Å². The number of hydrogen-bond donors (Lipinski definition) is 2. The maximum Gasteiger partial charge on any atom is 0.0525 e. The highest BCUT2D eigenvalue weighted by Gasteiger charge is 2.09. The molecule has 1 aromatic rings. The zero-order valence-electron chi connectivity index (χ0n) is 30.8. The predicted octanol–water partition coefficient (Wildman–Crippen LogP) is 11.9. The Morgan fingerprint density at radius 3 is 1.62 bits per heavy atom. The van der Waals surface area contributed by atoms with Crippen molar-refractivity contribution >= 4 is 0 Å². The van der Waals surface area contributed by atoms with Crippen LogP contribution in [0.2, 0.25) is 0 Å². The molecule has 0 spiro atoms. The van der Waals surface area contributed by atoms with Crippen molar-refractivity contribution in [3.8, 4) is 0 Å². The van der Waals surface area contributed by atoms with Gasteiger partial charge >= 0.3 is 0 Å². The van der Waals surface area contributed by atoms with Gasteiger partial charge in [0.25, 0.3) is 0 Å². The van der Waals surface area contributed by atoms with Crippen molar-refractivity contribution in [2.75, 3.05) is 21.1 Å². The summed E-state index contributed by atoms with van der Waals surface area (Å²) in [6, 6.07) is 11.0. The number of nitrogens with zero attached hydrogens (tertiary/aromatic N) is 1. The molecule has 3 heteroatoms. The molecule has 1 rings (SSSR count). The van der Waals surface area contributed by atoms with Gasteiger partial charge in [-0.15, -0.1) is 0 Å². The van der Waals surface area contributed by atoms with Gasteiger partial charge in [-0.25, -0.2) is 0 Å². The molecular formula is C39H75N3. The quantitative estimate of drug-likeness (QED) is 0.239. The van der Waals surface area contributed by atoms with Crippen LogP contribution in [0.25, 0.3) is 0 Å². The van der Waals surface area contributed by atoms with E-state index in [0.717, 1.165) is 12.8 Å². The first-order chi connectivity index (χ1) is 20.2. The Labute approximate surface area is 266 Å². The van der Waals surface area contributed by atoms with E-state index in [-0.39, 0.29) is 0 Å². The topological polar surface area (TPSA) is 27.3 Å². The number of unbranched alkanes of at least 4 members (excludes halogenated alkanes) is 1.